The van der Waals surface area contributed by atoms with E-state index in [1.165, 1.54) is 6.42 Å². The minimum Gasteiger partial charge on any atom is -0.346 e. The van der Waals surface area contributed by atoms with Gasteiger partial charge >= 0.3 is 0 Å². The van der Waals surface area contributed by atoms with Gasteiger partial charge in [0.2, 0.25) is 0 Å². The van der Waals surface area contributed by atoms with Crippen LogP contribution in [-0.4, -0.2) is 16.2 Å². The summed E-state index contributed by atoms with van der Waals surface area (Å²) in [5.41, 5.74) is 2.98. The van der Waals surface area contributed by atoms with Crippen molar-refractivity contribution in [3.8, 4) is 0 Å². The lowest BCUT2D eigenvalue weighted by molar-refractivity contribution is 0.102. The van der Waals surface area contributed by atoms with Gasteiger partial charge in [-0.15, -0.1) is 11.6 Å². The van der Waals surface area contributed by atoms with E-state index in [2.05, 4.69) is 32.3 Å². The maximum Gasteiger partial charge on any atom is 0.179 e. The summed E-state index contributed by atoms with van der Waals surface area (Å²) in [6, 6.07) is 2.39. The summed E-state index contributed by atoms with van der Waals surface area (Å²) < 4.78 is 2.27. The zero-order valence-corrected chi connectivity index (χ0v) is 12.8. The highest BCUT2D eigenvalue weighted by Gasteiger charge is 2.18. The highest BCUT2D eigenvalue weighted by atomic mass is 35.5. The van der Waals surface area contributed by atoms with Crippen molar-refractivity contribution in [3.05, 3.63) is 23.0 Å². The summed E-state index contributed by atoms with van der Waals surface area (Å²) in [6.07, 6.45) is 2.33. The molecule has 0 amide bonds. The molecule has 0 saturated heterocycles. The molecule has 0 aromatic carbocycles. The highest BCUT2D eigenvalue weighted by Crippen LogP contribution is 2.26. The average molecular weight is 270 g/mol. The van der Waals surface area contributed by atoms with Crippen molar-refractivity contribution < 1.29 is 4.79 Å². The van der Waals surface area contributed by atoms with E-state index in [1.807, 2.05) is 13.0 Å². The van der Waals surface area contributed by atoms with E-state index in [0.29, 0.717) is 12.0 Å². The second-order valence-corrected chi connectivity index (χ2v) is 5.58. The van der Waals surface area contributed by atoms with Gasteiger partial charge in [-0.3, -0.25) is 4.79 Å². The Morgan fingerprint density at radius 1 is 1.39 bits per heavy atom. The SMILES string of the molecule is CCC(C)CC(C)n1c(C)cc(C(=O)CCl)c1C. The van der Waals surface area contributed by atoms with E-state index < -0.39 is 0 Å². The molecule has 1 heterocycles. The van der Waals surface area contributed by atoms with Crippen LogP contribution >= 0.6 is 11.6 Å². The molecule has 0 fully saturated rings. The first kappa shape index (κ1) is 15.3. The maximum absolute atomic E-state index is 11.8. The second kappa shape index (κ2) is 6.42. The molecular formula is C15H24ClNO. The lowest BCUT2D eigenvalue weighted by Crippen LogP contribution is -2.13. The van der Waals surface area contributed by atoms with E-state index in [1.54, 1.807) is 0 Å². The number of aryl methyl sites for hydroxylation is 1. The first-order valence-electron chi connectivity index (χ1n) is 6.69. The minimum atomic E-state index is 0.0201. The van der Waals surface area contributed by atoms with Crippen molar-refractivity contribution >= 4 is 17.4 Å². The van der Waals surface area contributed by atoms with Gasteiger partial charge in [0.1, 0.15) is 0 Å². The molecule has 1 aromatic rings. The normalized spacial score (nSPS) is 14.6. The molecule has 2 atom stereocenters. The highest BCUT2D eigenvalue weighted by molar-refractivity contribution is 6.30. The molecular weight excluding hydrogens is 246 g/mol. The van der Waals surface area contributed by atoms with E-state index in [9.17, 15) is 4.79 Å². The Kier molecular flexibility index (Phi) is 5.46. The smallest absolute Gasteiger partial charge is 0.179 e. The van der Waals surface area contributed by atoms with Crippen LogP contribution in [0.15, 0.2) is 6.07 Å². The molecule has 3 heteroatoms. The monoisotopic (exact) mass is 269 g/mol. The quantitative estimate of drug-likeness (QED) is 0.550. The number of aromatic nitrogens is 1. The lowest BCUT2D eigenvalue weighted by Gasteiger charge is -2.21. The average Bonchev–Trinajstić information content (AvgIpc) is 2.63. The van der Waals surface area contributed by atoms with Gasteiger partial charge in [0.15, 0.2) is 5.78 Å². The molecule has 0 aliphatic heterocycles. The number of Topliss-reactive ketones (excluding diaryl/α,β-unsaturated/α-hetero) is 1. The lowest BCUT2D eigenvalue weighted by atomic mass is 10.00. The van der Waals surface area contributed by atoms with Gasteiger partial charge in [-0.05, 0) is 39.2 Å². The van der Waals surface area contributed by atoms with Gasteiger partial charge in [0, 0.05) is 23.0 Å². The van der Waals surface area contributed by atoms with Crippen molar-refractivity contribution in [2.75, 3.05) is 5.88 Å². The molecule has 2 unspecified atom stereocenters. The molecule has 0 N–H and O–H groups in total. The van der Waals surface area contributed by atoms with Crippen molar-refractivity contribution in [2.45, 2.75) is 53.5 Å². The third-order valence-corrected chi connectivity index (χ3v) is 4.03. The zero-order valence-electron chi connectivity index (χ0n) is 12.1. The third-order valence-electron chi connectivity index (χ3n) is 3.79. The molecule has 0 saturated carbocycles. The summed E-state index contributed by atoms with van der Waals surface area (Å²) in [6.45, 7) is 10.8. The fourth-order valence-electron chi connectivity index (χ4n) is 2.66. The van der Waals surface area contributed by atoms with Crippen LogP contribution in [0.4, 0.5) is 0 Å². The molecule has 1 aromatic heterocycles. The number of nitrogens with zero attached hydrogens (tertiary/aromatic N) is 1. The van der Waals surface area contributed by atoms with Crippen LogP contribution in [0.3, 0.4) is 0 Å². The Morgan fingerprint density at radius 2 is 2.00 bits per heavy atom. The van der Waals surface area contributed by atoms with Crippen LogP contribution in [0.2, 0.25) is 0 Å². The fraction of sp³-hybridized carbons (Fsp3) is 0.667. The van der Waals surface area contributed by atoms with Gasteiger partial charge in [0.05, 0.1) is 5.88 Å². The number of hydrogen-bond donors (Lipinski definition) is 0. The standard InChI is InChI=1S/C15H24ClNO/c1-6-10(2)7-11(3)17-12(4)8-14(13(17)5)15(18)9-16/h8,10-11H,6-7,9H2,1-5H3. The number of ketones is 1. The number of rotatable bonds is 6. The van der Waals surface area contributed by atoms with Crippen molar-refractivity contribution in [1.29, 1.82) is 0 Å². The molecule has 2 nitrogen and oxygen atoms in total. The summed E-state index contributed by atoms with van der Waals surface area (Å²) in [7, 11) is 0. The van der Waals surface area contributed by atoms with Crippen LogP contribution in [0.5, 0.6) is 0 Å². The Labute approximate surface area is 115 Å². The summed E-state index contributed by atoms with van der Waals surface area (Å²) in [5, 5.41) is 0. The Morgan fingerprint density at radius 3 is 2.50 bits per heavy atom. The van der Waals surface area contributed by atoms with E-state index in [-0.39, 0.29) is 11.7 Å². The summed E-state index contributed by atoms with van der Waals surface area (Å²) in [5.74, 6) is 0.782. The van der Waals surface area contributed by atoms with Gasteiger partial charge in [-0.25, -0.2) is 0 Å². The van der Waals surface area contributed by atoms with Crippen LogP contribution in [-0.2, 0) is 0 Å². The molecule has 0 radical (unpaired) electrons. The van der Waals surface area contributed by atoms with E-state index >= 15 is 0 Å². The number of carbonyl (C=O) groups excluding carboxylic acids is 1. The van der Waals surface area contributed by atoms with Gasteiger partial charge < -0.3 is 4.57 Å². The first-order chi connectivity index (χ1) is 8.42. The maximum atomic E-state index is 11.8. The predicted octanol–water partition coefficient (Wildman–Crippen LogP) is 4.52. The topological polar surface area (TPSA) is 22.0 Å². The summed E-state index contributed by atoms with van der Waals surface area (Å²) >= 11 is 5.65. The van der Waals surface area contributed by atoms with Crippen LogP contribution < -0.4 is 0 Å². The molecule has 0 aliphatic carbocycles. The largest absolute Gasteiger partial charge is 0.346 e. The van der Waals surface area contributed by atoms with Gasteiger partial charge in [-0.2, -0.15) is 0 Å². The fourth-order valence-corrected chi connectivity index (χ4v) is 2.81. The van der Waals surface area contributed by atoms with Crippen LogP contribution in [0.25, 0.3) is 0 Å². The van der Waals surface area contributed by atoms with Crippen LogP contribution in [0.1, 0.15) is 61.4 Å². The predicted molar refractivity (Wildman–Crippen MR) is 77.7 cm³/mol. The minimum absolute atomic E-state index is 0.0201. The first-order valence-corrected chi connectivity index (χ1v) is 7.23. The number of halogens is 1. The Bertz CT molecular complexity index is 422. The number of carbonyl (C=O) groups is 1. The molecule has 0 spiro atoms. The third kappa shape index (κ3) is 3.17. The van der Waals surface area contributed by atoms with Gasteiger partial charge in [0.25, 0.3) is 0 Å². The Balaban J connectivity index is 3.02. The summed E-state index contributed by atoms with van der Waals surface area (Å²) in [4.78, 5) is 11.8. The van der Waals surface area contributed by atoms with E-state index in [0.717, 1.165) is 23.4 Å². The molecule has 0 aliphatic rings. The molecule has 18 heavy (non-hydrogen) atoms. The van der Waals surface area contributed by atoms with Crippen LogP contribution in [0, 0.1) is 19.8 Å². The molecule has 0 bridgehead atoms. The van der Waals surface area contributed by atoms with Crippen molar-refractivity contribution in [2.24, 2.45) is 5.92 Å². The number of alkyl halides is 1. The Hall–Kier alpha value is -0.760. The van der Waals surface area contributed by atoms with Gasteiger partial charge in [-0.1, -0.05) is 20.3 Å². The van der Waals surface area contributed by atoms with E-state index in [4.69, 9.17) is 11.6 Å². The second-order valence-electron chi connectivity index (χ2n) is 5.31. The van der Waals surface area contributed by atoms with Crippen molar-refractivity contribution in [1.82, 2.24) is 4.57 Å². The van der Waals surface area contributed by atoms with Crippen molar-refractivity contribution in [3.63, 3.8) is 0 Å². The molecule has 1 rings (SSSR count). The molecule has 102 valence electrons. The number of hydrogen-bond acceptors (Lipinski definition) is 1. The zero-order chi connectivity index (χ0) is 13.9.